The van der Waals surface area contributed by atoms with Crippen molar-refractivity contribution in [2.75, 3.05) is 7.11 Å². The molecule has 0 bridgehead atoms. The summed E-state index contributed by atoms with van der Waals surface area (Å²) < 4.78 is 22.8. The molecule has 0 saturated carbocycles. The summed E-state index contributed by atoms with van der Waals surface area (Å²) in [5, 5.41) is 2.59. The molecule has 0 radical (unpaired) electrons. The fourth-order valence-corrected chi connectivity index (χ4v) is 1.67. The summed E-state index contributed by atoms with van der Waals surface area (Å²) in [6.07, 6.45) is -0.818. The van der Waals surface area contributed by atoms with Crippen LogP contribution >= 0.6 is 0 Å². The second kappa shape index (κ2) is 7.61. The second-order valence-corrected chi connectivity index (χ2v) is 4.97. The first-order valence-electron chi connectivity index (χ1n) is 6.65. The first-order chi connectivity index (χ1) is 9.85. The first kappa shape index (κ1) is 16.9. The quantitative estimate of drug-likeness (QED) is 0.815. The summed E-state index contributed by atoms with van der Waals surface area (Å²) in [6, 6.07) is 4.61. The van der Waals surface area contributed by atoms with Gasteiger partial charge in [0.05, 0.1) is 7.11 Å². The summed E-state index contributed by atoms with van der Waals surface area (Å²) in [5.41, 5.74) is 0. The van der Waals surface area contributed by atoms with E-state index in [1.807, 2.05) is 0 Å². The molecule has 2 unspecified atom stereocenters. The number of rotatable bonds is 6. The molecule has 2 atom stereocenters. The molecule has 1 aromatic rings. The number of esters is 1. The van der Waals surface area contributed by atoms with Crippen LogP contribution in [0.15, 0.2) is 24.3 Å². The van der Waals surface area contributed by atoms with Gasteiger partial charge in [-0.15, -0.1) is 0 Å². The smallest absolute Gasteiger partial charge is 0.328 e. The SMILES string of the molecule is COC(=O)C(NC(=O)C(C)Oc1ccc(F)cc1)C(C)C. The van der Waals surface area contributed by atoms with Crippen molar-refractivity contribution < 1.29 is 23.5 Å². The van der Waals surface area contributed by atoms with Gasteiger partial charge in [0.1, 0.15) is 17.6 Å². The van der Waals surface area contributed by atoms with E-state index in [1.165, 1.54) is 31.4 Å². The molecule has 21 heavy (non-hydrogen) atoms. The predicted octanol–water partition coefficient (Wildman–Crippen LogP) is 1.91. The van der Waals surface area contributed by atoms with Gasteiger partial charge in [-0.1, -0.05) is 13.8 Å². The molecule has 1 amide bonds. The van der Waals surface area contributed by atoms with Gasteiger partial charge < -0.3 is 14.8 Å². The second-order valence-electron chi connectivity index (χ2n) is 4.97. The van der Waals surface area contributed by atoms with Crippen LogP contribution < -0.4 is 10.1 Å². The molecule has 0 saturated heterocycles. The molecule has 0 spiro atoms. The highest BCUT2D eigenvalue weighted by molar-refractivity contribution is 5.87. The Morgan fingerprint density at radius 3 is 2.19 bits per heavy atom. The number of methoxy groups -OCH3 is 1. The molecule has 116 valence electrons. The average Bonchev–Trinajstić information content (AvgIpc) is 2.45. The van der Waals surface area contributed by atoms with E-state index in [0.717, 1.165) is 0 Å². The lowest BCUT2D eigenvalue weighted by atomic mass is 10.0. The molecule has 1 rings (SSSR count). The molecular formula is C15H20FNO4. The van der Waals surface area contributed by atoms with E-state index >= 15 is 0 Å². The van der Waals surface area contributed by atoms with Crippen LogP contribution in [-0.4, -0.2) is 31.1 Å². The number of carbonyl (C=O) groups is 2. The Balaban J connectivity index is 2.64. The van der Waals surface area contributed by atoms with Crippen LogP contribution in [0.4, 0.5) is 4.39 Å². The monoisotopic (exact) mass is 297 g/mol. The van der Waals surface area contributed by atoms with E-state index in [4.69, 9.17) is 4.74 Å². The number of nitrogens with one attached hydrogen (secondary N) is 1. The van der Waals surface area contributed by atoms with Crippen molar-refractivity contribution in [3.8, 4) is 5.75 Å². The molecule has 0 aliphatic rings. The maximum atomic E-state index is 12.8. The van der Waals surface area contributed by atoms with Crippen molar-refractivity contribution in [3.05, 3.63) is 30.1 Å². The highest BCUT2D eigenvalue weighted by Crippen LogP contribution is 2.13. The zero-order valence-corrected chi connectivity index (χ0v) is 12.6. The van der Waals surface area contributed by atoms with E-state index in [2.05, 4.69) is 10.1 Å². The fraction of sp³-hybridized carbons (Fsp3) is 0.467. The van der Waals surface area contributed by atoms with E-state index in [-0.39, 0.29) is 11.7 Å². The third-order valence-corrected chi connectivity index (χ3v) is 2.92. The minimum atomic E-state index is -0.818. The van der Waals surface area contributed by atoms with Crippen LogP contribution in [-0.2, 0) is 14.3 Å². The van der Waals surface area contributed by atoms with Crippen molar-refractivity contribution in [2.45, 2.75) is 32.9 Å². The predicted molar refractivity (Wildman–Crippen MR) is 75.3 cm³/mol. The molecule has 6 heteroatoms. The molecule has 1 N–H and O–H groups in total. The summed E-state index contributed by atoms with van der Waals surface area (Å²) in [6.45, 7) is 5.15. The average molecular weight is 297 g/mol. The van der Waals surface area contributed by atoms with Crippen LogP contribution in [0.25, 0.3) is 0 Å². The Labute approximate surface area is 123 Å². The molecular weight excluding hydrogens is 277 g/mol. The summed E-state index contributed by atoms with van der Waals surface area (Å²) in [4.78, 5) is 23.6. The summed E-state index contributed by atoms with van der Waals surface area (Å²) >= 11 is 0. The Morgan fingerprint density at radius 1 is 1.14 bits per heavy atom. The highest BCUT2D eigenvalue weighted by atomic mass is 19.1. The number of hydrogen-bond acceptors (Lipinski definition) is 4. The first-order valence-corrected chi connectivity index (χ1v) is 6.65. The minimum Gasteiger partial charge on any atom is -0.481 e. The summed E-state index contributed by atoms with van der Waals surface area (Å²) in [5.74, 6) is -1.07. The molecule has 1 aromatic carbocycles. The van der Waals surface area contributed by atoms with E-state index in [1.54, 1.807) is 20.8 Å². The van der Waals surface area contributed by atoms with Crippen LogP contribution in [0, 0.1) is 11.7 Å². The van der Waals surface area contributed by atoms with Crippen LogP contribution in [0.2, 0.25) is 0 Å². The lowest BCUT2D eigenvalue weighted by Gasteiger charge is -2.22. The maximum Gasteiger partial charge on any atom is 0.328 e. The number of hydrogen-bond donors (Lipinski definition) is 1. The number of amides is 1. The standard InChI is InChI=1S/C15H20FNO4/c1-9(2)13(15(19)20-4)17-14(18)10(3)21-12-7-5-11(16)6-8-12/h5-10,13H,1-4H3,(H,17,18). The fourth-order valence-electron chi connectivity index (χ4n) is 1.67. The Hall–Kier alpha value is -2.11. The Bertz CT molecular complexity index is 487. The van der Waals surface area contributed by atoms with Crippen LogP contribution in [0.3, 0.4) is 0 Å². The molecule has 5 nitrogen and oxygen atoms in total. The van der Waals surface area contributed by atoms with E-state index in [9.17, 15) is 14.0 Å². The normalized spacial score (nSPS) is 13.4. The molecule has 0 aliphatic heterocycles. The lowest BCUT2D eigenvalue weighted by molar-refractivity contribution is -0.147. The maximum absolute atomic E-state index is 12.8. The molecule has 0 fully saturated rings. The van der Waals surface area contributed by atoms with Gasteiger partial charge in [-0.25, -0.2) is 9.18 Å². The van der Waals surface area contributed by atoms with Gasteiger partial charge in [0.15, 0.2) is 6.10 Å². The molecule has 0 heterocycles. The van der Waals surface area contributed by atoms with Crippen LogP contribution in [0.1, 0.15) is 20.8 Å². The third kappa shape index (κ3) is 5.06. The van der Waals surface area contributed by atoms with Gasteiger partial charge in [0.2, 0.25) is 0 Å². The van der Waals surface area contributed by atoms with Gasteiger partial charge in [-0.3, -0.25) is 4.79 Å². The molecule has 0 aromatic heterocycles. The van der Waals surface area contributed by atoms with Crippen molar-refractivity contribution in [1.82, 2.24) is 5.32 Å². The van der Waals surface area contributed by atoms with Gasteiger partial charge >= 0.3 is 5.97 Å². The molecule has 0 aliphatic carbocycles. The highest BCUT2D eigenvalue weighted by Gasteiger charge is 2.27. The van der Waals surface area contributed by atoms with Gasteiger partial charge in [-0.2, -0.15) is 0 Å². The van der Waals surface area contributed by atoms with Gasteiger partial charge in [0.25, 0.3) is 5.91 Å². The van der Waals surface area contributed by atoms with Crippen molar-refractivity contribution in [2.24, 2.45) is 5.92 Å². The Kier molecular flexibility index (Phi) is 6.14. The summed E-state index contributed by atoms with van der Waals surface area (Å²) in [7, 11) is 1.27. The lowest BCUT2D eigenvalue weighted by Crippen LogP contribution is -2.49. The Morgan fingerprint density at radius 2 is 1.71 bits per heavy atom. The van der Waals surface area contributed by atoms with E-state index < -0.39 is 24.0 Å². The number of benzene rings is 1. The zero-order chi connectivity index (χ0) is 16.0. The number of halogens is 1. The zero-order valence-electron chi connectivity index (χ0n) is 12.6. The van der Waals surface area contributed by atoms with Crippen molar-refractivity contribution in [3.63, 3.8) is 0 Å². The van der Waals surface area contributed by atoms with Gasteiger partial charge in [0, 0.05) is 0 Å². The minimum absolute atomic E-state index is 0.112. The van der Waals surface area contributed by atoms with Gasteiger partial charge in [-0.05, 0) is 37.1 Å². The largest absolute Gasteiger partial charge is 0.481 e. The van der Waals surface area contributed by atoms with Crippen molar-refractivity contribution >= 4 is 11.9 Å². The van der Waals surface area contributed by atoms with E-state index in [0.29, 0.717) is 5.75 Å². The van der Waals surface area contributed by atoms with Crippen molar-refractivity contribution in [1.29, 1.82) is 0 Å². The van der Waals surface area contributed by atoms with Crippen LogP contribution in [0.5, 0.6) is 5.75 Å². The number of carbonyl (C=O) groups excluding carboxylic acids is 2. The number of ether oxygens (including phenoxy) is 2. The third-order valence-electron chi connectivity index (χ3n) is 2.92. The topological polar surface area (TPSA) is 64.6 Å².